The molecule has 106 valence electrons. The average Bonchev–Trinajstić information content (AvgIpc) is 2.24. The molecule has 0 aliphatic carbocycles. The van der Waals surface area contributed by atoms with Crippen molar-refractivity contribution in [2.75, 3.05) is 0 Å². The van der Waals surface area contributed by atoms with E-state index in [2.05, 4.69) is 4.74 Å². The van der Waals surface area contributed by atoms with E-state index >= 15 is 0 Å². The van der Waals surface area contributed by atoms with E-state index < -0.39 is 27.5 Å². The molecular weight excluding hydrogens is 304 g/mol. The van der Waals surface area contributed by atoms with Gasteiger partial charge in [-0.3, -0.25) is 14.7 Å². The van der Waals surface area contributed by atoms with Crippen molar-refractivity contribution in [3.63, 3.8) is 0 Å². The van der Waals surface area contributed by atoms with Crippen molar-refractivity contribution in [1.29, 1.82) is 0 Å². The first kappa shape index (κ1) is 17.1. The van der Waals surface area contributed by atoms with Crippen molar-refractivity contribution in [2.45, 2.75) is 6.23 Å². The Morgan fingerprint density at radius 1 is 1.37 bits per heavy atom. The van der Waals surface area contributed by atoms with Gasteiger partial charge in [0, 0.05) is 0 Å². The Labute approximate surface area is 114 Å². The summed E-state index contributed by atoms with van der Waals surface area (Å²) in [5.41, 5.74) is 0.0491. The molecule has 0 saturated carbocycles. The van der Waals surface area contributed by atoms with E-state index in [0.717, 1.165) is 4.72 Å². The van der Waals surface area contributed by atoms with Gasteiger partial charge < -0.3 is 4.74 Å². The lowest BCUT2D eigenvalue weighted by atomic mass is 10.2. The zero-order valence-electron chi connectivity index (χ0n) is 9.12. The maximum absolute atomic E-state index is 11.0. The van der Waals surface area contributed by atoms with Crippen molar-refractivity contribution >= 4 is 28.8 Å². The van der Waals surface area contributed by atoms with Gasteiger partial charge in [0.2, 0.25) is 0 Å². The number of carbonyl (C=O) groups is 1. The van der Waals surface area contributed by atoms with Gasteiger partial charge in [0.1, 0.15) is 0 Å². The highest BCUT2D eigenvalue weighted by Gasteiger charge is 2.28. The van der Waals surface area contributed by atoms with Gasteiger partial charge in [-0.05, 0) is 12.1 Å². The smallest absolute Gasteiger partial charge is 0.377 e. The zero-order valence-corrected chi connectivity index (χ0v) is 10.8. The summed E-state index contributed by atoms with van der Waals surface area (Å²) in [6, 6.07) is 7.22. The molecule has 1 aromatic carbocycles. The second-order valence-electron chi connectivity index (χ2n) is 3.03. The first-order valence-electron chi connectivity index (χ1n) is 4.44. The lowest BCUT2D eigenvalue weighted by molar-refractivity contribution is -0.574. The Morgan fingerprint density at radius 3 is 2.32 bits per heavy atom. The molecular formula is C8H9ClN2O7S. The summed E-state index contributed by atoms with van der Waals surface area (Å²) in [6.07, 6.45) is -3.52. The topological polar surface area (TPSA) is 136 Å². The number of halogens is 1. The van der Waals surface area contributed by atoms with E-state index in [1.54, 1.807) is 6.07 Å². The molecule has 1 amide bonds. The normalized spacial score (nSPS) is 11.8. The van der Waals surface area contributed by atoms with Crippen LogP contribution in [0.15, 0.2) is 30.3 Å². The molecule has 0 bridgehead atoms. The molecule has 2 N–H and O–H groups in total. The maximum atomic E-state index is 11.0. The second kappa shape index (κ2) is 6.87. The molecule has 0 heterocycles. The molecule has 1 rings (SSSR count). The molecule has 11 heteroatoms. The van der Waals surface area contributed by atoms with Crippen LogP contribution in [0.3, 0.4) is 0 Å². The molecule has 9 nitrogen and oxygen atoms in total. The average molecular weight is 313 g/mol. The maximum Gasteiger partial charge on any atom is 0.428 e. The fraction of sp³-hybridized carbons (Fsp3) is 0.125. The molecule has 0 aliphatic heterocycles. The van der Waals surface area contributed by atoms with Crippen LogP contribution < -0.4 is 4.72 Å². The van der Waals surface area contributed by atoms with E-state index in [-0.39, 0.29) is 18.0 Å². The summed E-state index contributed by atoms with van der Waals surface area (Å²) in [5.74, 6) is 0. The van der Waals surface area contributed by atoms with Crippen LogP contribution in [0.1, 0.15) is 11.8 Å². The van der Waals surface area contributed by atoms with Gasteiger partial charge in [0.25, 0.3) is 0 Å². The number of nitrogens with zero attached hydrogens (tertiary/aromatic N) is 1. The largest absolute Gasteiger partial charge is 0.428 e. The van der Waals surface area contributed by atoms with Gasteiger partial charge in [0.15, 0.2) is 0 Å². The first-order chi connectivity index (χ1) is 8.29. The van der Waals surface area contributed by atoms with Crippen LogP contribution in [0.2, 0.25) is 0 Å². The van der Waals surface area contributed by atoms with Crippen LogP contribution in [0.5, 0.6) is 0 Å². The number of rotatable bonds is 4. The molecule has 0 aliphatic rings. The van der Waals surface area contributed by atoms with Gasteiger partial charge in [0.05, 0.1) is 10.5 Å². The summed E-state index contributed by atoms with van der Waals surface area (Å²) in [5, 5.41) is 10.7. The Morgan fingerprint density at radius 2 is 1.89 bits per heavy atom. The van der Waals surface area contributed by atoms with Gasteiger partial charge >= 0.3 is 22.6 Å². The third-order valence-corrected chi connectivity index (χ3v) is 2.13. The Hall–Kier alpha value is -1.91. The standard InChI is InChI=1S/C8H8N2O7S.ClH/c11-8(9-18(14,15)16)17-7(10(12)13)6-4-2-1-3-5-6;/h1-5,7H,(H,9,11)(H,14,15,16);1H. The van der Waals surface area contributed by atoms with E-state index in [9.17, 15) is 23.3 Å². The van der Waals surface area contributed by atoms with Crippen molar-refractivity contribution in [2.24, 2.45) is 0 Å². The fourth-order valence-electron chi connectivity index (χ4n) is 1.08. The molecule has 0 aromatic heterocycles. The highest BCUT2D eigenvalue weighted by atomic mass is 35.5. The molecule has 1 atom stereocenters. The number of hydrogen-bond donors (Lipinski definition) is 2. The molecule has 19 heavy (non-hydrogen) atoms. The van der Waals surface area contributed by atoms with Crippen LogP contribution in [0.4, 0.5) is 4.79 Å². The minimum atomic E-state index is -4.82. The number of carbonyl (C=O) groups excluding carboxylic acids is 1. The molecule has 0 radical (unpaired) electrons. The third-order valence-electron chi connectivity index (χ3n) is 1.71. The van der Waals surface area contributed by atoms with Gasteiger partial charge in [-0.2, -0.15) is 13.1 Å². The van der Waals surface area contributed by atoms with Gasteiger partial charge in [-0.1, -0.05) is 18.2 Å². The van der Waals surface area contributed by atoms with Gasteiger partial charge in [-0.15, -0.1) is 12.4 Å². The first-order valence-corrected chi connectivity index (χ1v) is 5.88. The summed E-state index contributed by atoms with van der Waals surface area (Å²) in [4.78, 5) is 20.7. The molecule has 0 saturated heterocycles. The van der Waals surface area contributed by atoms with Crippen LogP contribution in [0.25, 0.3) is 0 Å². The Balaban J connectivity index is 0.00000324. The predicted octanol–water partition coefficient (Wildman–Crippen LogP) is 0.913. The summed E-state index contributed by atoms with van der Waals surface area (Å²) >= 11 is 0. The van der Waals surface area contributed by atoms with Crippen LogP contribution in [-0.2, 0) is 15.0 Å². The van der Waals surface area contributed by atoms with Gasteiger partial charge in [-0.25, -0.2) is 4.79 Å². The van der Waals surface area contributed by atoms with E-state index in [1.807, 2.05) is 0 Å². The van der Waals surface area contributed by atoms with Crippen LogP contribution in [-0.4, -0.2) is 24.0 Å². The molecule has 1 unspecified atom stereocenters. The lowest BCUT2D eigenvalue weighted by Crippen LogP contribution is -2.33. The number of benzene rings is 1. The SMILES string of the molecule is Cl.O=C(NS(=O)(=O)O)OC(c1ccccc1)[N+](=O)[O-]. The number of hydrogen-bond acceptors (Lipinski definition) is 6. The van der Waals surface area contributed by atoms with Crippen LogP contribution in [0, 0.1) is 10.1 Å². The Kier molecular flexibility index (Phi) is 6.18. The minimum Gasteiger partial charge on any atom is -0.377 e. The van der Waals surface area contributed by atoms with Crippen molar-refractivity contribution in [3.8, 4) is 0 Å². The minimum absolute atomic E-state index is 0. The quantitative estimate of drug-likeness (QED) is 0.365. The van der Waals surface area contributed by atoms with E-state index in [1.165, 1.54) is 24.3 Å². The molecule has 1 aromatic rings. The fourth-order valence-corrected chi connectivity index (χ4v) is 1.34. The molecule has 0 fully saturated rings. The summed E-state index contributed by atoms with van der Waals surface area (Å²) < 4.78 is 34.2. The van der Waals surface area contributed by atoms with Crippen molar-refractivity contribution in [3.05, 3.63) is 46.0 Å². The van der Waals surface area contributed by atoms with Crippen molar-refractivity contribution < 1.29 is 27.4 Å². The number of nitrogens with one attached hydrogen (secondary N) is 1. The van der Waals surface area contributed by atoms with Crippen LogP contribution >= 0.6 is 12.4 Å². The number of ether oxygens (including phenoxy) is 1. The number of nitro groups is 1. The summed E-state index contributed by atoms with van der Waals surface area (Å²) in [7, 11) is -4.82. The van der Waals surface area contributed by atoms with E-state index in [0.29, 0.717) is 0 Å². The second-order valence-corrected chi connectivity index (χ2v) is 4.19. The highest BCUT2D eigenvalue weighted by Crippen LogP contribution is 2.17. The zero-order chi connectivity index (χ0) is 13.8. The predicted molar refractivity (Wildman–Crippen MR) is 64.6 cm³/mol. The summed E-state index contributed by atoms with van der Waals surface area (Å²) in [6.45, 7) is 0. The lowest BCUT2D eigenvalue weighted by Gasteiger charge is -2.10. The third kappa shape index (κ3) is 5.99. The Bertz CT molecular complexity index is 547. The van der Waals surface area contributed by atoms with Crippen molar-refractivity contribution in [1.82, 2.24) is 4.72 Å². The number of amides is 1. The molecule has 0 spiro atoms. The highest BCUT2D eigenvalue weighted by molar-refractivity contribution is 7.84. The van der Waals surface area contributed by atoms with E-state index in [4.69, 9.17) is 4.55 Å². The monoisotopic (exact) mass is 312 g/mol.